The molecule has 0 spiro atoms. The maximum Gasteiger partial charge on any atom is 0.317 e. The van der Waals surface area contributed by atoms with E-state index in [1.165, 1.54) is 0 Å². The predicted molar refractivity (Wildman–Crippen MR) is 93.0 cm³/mol. The molecule has 1 aliphatic carbocycles. The fourth-order valence-electron chi connectivity index (χ4n) is 2.91. The summed E-state index contributed by atoms with van der Waals surface area (Å²) in [4.78, 5) is 20.5. The molecular weight excluding hydrogens is 290 g/mol. The van der Waals surface area contributed by atoms with E-state index in [-0.39, 0.29) is 6.03 Å². The van der Waals surface area contributed by atoms with Gasteiger partial charge in [0.2, 0.25) is 0 Å². The van der Waals surface area contributed by atoms with Gasteiger partial charge >= 0.3 is 6.03 Å². The molecule has 2 N–H and O–H groups in total. The van der Waals surface area contributed by atoms with Gasteiger partial charge in [0.05, 0.1) is 11.9 Å². The molecular formula is C17H27N5O. The highest BCUT2D eigenvalue weighted by molar-refractivity contribution is 5.74. The summed E-state index contributed by atoms with van der Waals surface area (Å²) >= 11 is 0. The van der Waals surface area contributed by atoms with Crippen LogP contribution in [0.2, 0.25) is 0 Å². The quantitative estimate of drug-likeness (QED) is 0.894. The van der Waals surface area contributed by atoms with Crippen molar-refractivity contribution >= 4 is 17.5 Å². The number of carbonyl (C=O) groups is 1. The minimum absolute atomic E-state index is 0.116. The number of hydrogen-bond acceptors (Lipinski definition) is 4. The van der Waals surface area contributed by atoms with E-state index in [0.29, 0.717) is 12.1 Å². The second-order valence-electron chi connectivity index (χ2n) is 6.78. The van der Waals surface area contributed by atoms with Crippen molar-refractivity contribution < 1.29 is 4.79 Å². The van der Waals surface area contributed by atoms with Crippen LogP contribution in [0.1, 0.15) is 32.1 Å². The molecule has 1 saturated carbocycles. The normalized spacial score (nSPS) is 21.5. The van der Waals surface area contributed by atoms with Crippen molar-refractivity contribution in [2.24, 2.45) is 0 Å². The van der Waals surface area contributed by atoms with Crippen molar-refractivity contribution in [2.75, 3.05) is 37.4 Å². The van der Waals surface area contributed by atoms with Gasteiger partial charge in [-0.2, -0.15) is 0 Å². The number of aromatic nitrogens is 1. The Morgan fingerprint density at radius 1 is 1.17 bits per heavy atom. The number of amides is 2. The zero-order valence-electron chi connectivity index (χ0n) is 14.1. The molecule has 0 unspecified atom stereocenters. The summed E-state index contributed by atoms with van der Waals surface area (Å²) in [6.07, 6.45) is 7.27. The standard InChI is InChI=1S/C17H27N5O/c1-21(2)16-8-7-15(12-18-16)19-13-4-3-10-22(11-9-13)17(23)20-14-5-6-14/h7-8,12-14,19H,3-6,9-11H2,1-2H3,(H,20,23)/t13-/m0/s1. The smallest absolute Gasteiger partial charge is 0.317 e. The molecule has 2 amide bonds. The number of carbonyl (C=O) groups excluding carboxylic acids is 1. The Labute approximate surface area is 138 Å². The molecule has 0 radical (unpaired) electrons. The largest absolute Gasteiger partial charge is 0.381 e. The van der Waals surface area contributed by atoms with Crippen molar-refractivity contribution in [3.05, 3.63) is 18.3 Å². The van der Waals surface area contributed by atoms with E-state index >= 15 is 0 Å². The Kier molecular flexibility index (Phi) is 4.88. The first-order chi connectivity index (χ1) is 11.1. The summed E-state index contributed by atoms with van der Waals surface area (Å²) in [6.45, 7) is 1.67. The van der Waals surface area contributed by atoms with Crippen LogP contribution < -0.4 is 15.5 Å². The van der Waals surface area contributed by atoms with Crippen LogP contribution in [0, 0.1) is 0 Å². The number of pyridine rings is 1. The lowest BCUT2D eigenvalue weighted by Gasteiger charge is -2.21. The van der Waals surface area contributed by atoms with Crippen LogP contribution in [0.4, 0.5) is 16.3 Å². The summed E-state index contributed by atoms with van der Waals surface area (Å²) in [5.41, 5.74) is 1.05. The number of urea groups is 1. The molecule has 1 saturated heterocycles. The molecule has 126 valence electrons. The van der Waals surface area contributed by atoms with Gasteiger partial charge in [-0.1, -0.05) is 0 Å². The van der Waals surface area contributed by atoms with Crippen LogP contribution in [0.15, 0.2) is 18.3 Å². The zero-order chi connectivity index (χ0) is 16.2. The molecule has 2 heterocycles. The number of likely N-dealkylation sites (tertiary alicyclic amines) is 1. The van der Waals surface area contributed by atoms with Crippen LogP contribution >= 0.6 is 0 Å². The van der Waals surface area contributed by atoms with Gasteiger partial charge in [-0.3, -0.25) is 0 Å². The Balaban J connectivity index is 1.50. The predicted octanol–water partition coefficient (Wildman–Crippen LogP) is 2.29. The van der Waals surface area contributed by atoms with E-state index < -0.39 is 0 Å². The first-order valence-corrected chi connectivity index (χ1v) is 8.57. The molecule has 23 heavy (non-hydrogen) atoms. The minimum Gasteiger partial charge on any atom is -0.381 e. The number of rotatable bonds is 4. The molecule has 2 aliphatic rings. The molecule has 6 heteroatoms. The first-order valence-electron chi connectivity index (χ1n) is 8.57. The third-order valence-electron chi connectivity index (χ3n) is 4.50. The highest BCUT2D eigenvalue weighted by atomic mass is 16.2. The first kappa shape index (κ1) is 15.9. The maximum atomic E-state index is 12.1. The van der Waals surface area contributed by atoms with Crippen LogP contribution in [-0.2, 0) is 0 Å². The topological polar surface area (TPSA) is 60.5 Å². The zero-order valence-corrected chi connectivity index (χ0v) is 14.1. The summed E-state index contributed by atoms with van der Waals surface area (Å²) in [5, 5.41) is 6.64. The van der Waals surface area contributed by atoms with Gasteiger partial charge in [0.1, 0.15) is 5.82 Å². The van der Waals surface area contributed by atoms with Crippen molar-refractivity contribution in [3.8, 4) is 0 Å². The van der Waals surface area contributed by atoms with Gasteiger partial charge in [0, 0.05) is 39.3 Å². The molecule has 2 fully saturated rings. The van der Waals surface area contributed by atoms with Gasteiger partial charge in [0.25, 0.3) is 0 Å². The highest BCUT2D eigenvalue weighted by Crippen LogP contribution is 2.21. The molecule has 0 aromatic carbocycles. The average molecular weight is 317 g/mol. The van der Waals surface area contributed by atoms with Crippen molar-refractivity contribution in [1.82, 2.24) is 15.2 Å². The Hall–Kier alpha value is -1.98. The van der Waals surface area contributed by atoms with Gasteiger partial charge < -0.3 is 20.4 Å². The third-order valence-corrected chi connectivity index (χ3v) is 4.50. The minimum atomic E-state index is 0.116. The van der Waals surface area contributed by atoms with Crippen LogP contribution in [0.5, 0.6) is 0 Å². The van der Waals surface area contributed by atoms with Crippen LogP contribution in [0.25, 0.3) is 0 Å². The summed E-state index contributed by atoms with van der Waals surface area (Å²) < 4.78 is 0. The van der Waals surface area contributed by atoms with E-state index in [1.807, 2.05) is 36.2 Å². The van der Waals surface area contributed by atoms with E-state index in [0.717, 1.165) is 56.7 Å². The van der Waals surface area contributed by atoms with Crippen LogP contribution in [0.3, 0.4) is 0 Å². The third kappa shape index (κ3) is 4.50. The fraction of sp³-hybridized carbons (Fsp3) is 0.647. The number of nitrogens with zero attached hydrogens (tertiary/aromatic N) is 3. The van der Waals surface area contributed by atoms with E-state index in [9.17, 15) is 4.79 Å². The highest BCUT2D eigenvalue weighted by Gasteiger charge is 2.27. The second-order valence-corrected chi connectivity index (χ2v) is 6.78. The lowest BCUT2D eigenvalue weighted by molar-refractivity contribution is 0.199. The maximum absolute atomic E-state index is 12.1. The molecule has 1 atom stereocenters. The fourth-order valence-corrected chi connectivity index (χ4v) is 2.91. The van der Waals surface area contributed by atoms with Gasteiger partial charge in [-0.15, -0.1) is 0 Å². The van der Waals surface area contributed by atoms with E-state index in [1.54, 1.807) is 0 Å². The molecule has 3 rings (SSSR count). The SMILES string of the molecule is CN(C)c1ccc(N[C@H]2CCCN(C(=O)NC3CC3)CC2)cn1. The average Bonchev–Trinajstić information content (AvgIpc) is 3.35. The molecule has 0 bridgehead atoms. The van der Waals surface area contributed by atoms with E-state index in [2.05, 4.69) is 21.7 Å². The molecule has 1 aromatic rings. The molecule has 1 aliphatic heterocycles. The van der Waals surface area contributed by atoms with Crippen molar-refractivity contribution in [3.63, 3.8) is 0 Å². The summed E-state index contributed by atoms with van der Waals surface area (Å²) in [6, 6.07) is 5.05. The van der Waals surface area contributed by atoms with Gasteiger partial charge in [-0.25, -0.2) is 9.78 Å². The number of nitrogens with one attached hydrogen (secondary N) is 2. The number of hydrogen-bond donors (Lipinski definition) is 2. The lowest BCUT2D eigenvalue weighted by Crippen LogP contribution is -2.41. The van der Waals surface area contributed by atoms with Crippen molar-refractivity contribution in [2.45, 2.75) is 44.2 Å². The molecule has 6 nitrogen and oxygen atoms in total. The van der Waals surface area contributed by atoms with E-state index in [4.69, 9.17) is 0 Å². The summed E-state index contributed by atoms with van der Waals surface area (Å²) in [7, 11) is 3.98. The van der Waals surface area contributed by atoms with Crippen LogP contribution in [-0.4, -0.2) is 55.2 Å². The van der Waals surface area contributed by atoms with Crippen molar-refractivity contribution in [1.29, 1.82) is 0 Å². The second kappa shape index (κ2) is 7.06. The molecule has 1 aromatic heterocycles. The lowest BCUT2D eigenvalue weighted by atomic mass is 10.1. The van der Waals surface area contributed by atoms with Gasteiger partial charge in [-0.05, 0) is 44.2 Å². The Morgan fingerprint density at radius 2 is 2.00 bits per heavy atom. The monoisotopic (exact) mass is 317 g/mol. The Bertz CT molecular complexity index is 526. The number of anilines is 2. The Morgan fingerprint density at radius 3 is 2.65 bits per heavy atom. The summed E-state index contributed by atoms with van der Waals surface area (Å²) in [5.74, 6) is 0.958. The van der Waals surface area contributed by atoms with Gasteiger partial charge in [0.15, 0.2) is 0 Å².